The van der Waals surface area contributed by atoms with Crippen molar-refractivity contribution in [3.05, 3.63) is 78.4 Å². The van der Waals surface area contributed by atoms with Gasteiger partial charge in [-0.25, -0.2) is 0 Å². The van der Waals surface area contributed by atoms with Crippen molar-refractivity contribution in [1.29, 1.82) is 0 Å². The number of phenolic OH excluding ortho intramolecular Hbond substituents is 1. The van der Waals surface area contributed by atoms with Crippen LogP contribution in [0.25, 0.3) is 10.8 Å². The van der Waals surface area contributed by atoms with Crippen LogP contribution >= 0.6 is 0 Å². The summed E-state index contributed by atoms with van der Waals surface area (Å²) < 4.78 is 33.4. The molecule has 0 fully saturated rings. The first-order valence-corrected chi connectivity index (χ1v) is 11.2. The second-order valence-corrected chi connectivity index (χ2v) is 8.63. The maximum atomic E-state index is 11.9. The van der Waals surface area contributed by atoms with Crippen LogP contribution in [0, 0.1) is 6.92 Å². The van der Waals surface area contributed by atoms with Crippen LogP contribution in [0.1, 0.15) is 5.56 Å². The Hall–Kier alpha value is -4.15. The van der Waals surface area contributed by atoms with E-state index in [1.165, 1.54) is 6.07 Å². The van der Waals surface area contributed by atoms with Crippen molar-refractivity contribution in [3.8, 4) is 5.75 Å². The Kier molecular flexibility index (Phi) is 5.86. The van der Waals surface area contributed by atoms with E-state index in [9.17, 15) is 18.1 Å². The third-order valence-corrected chi connectivity index (χ3v) is 5.69. The lowest BCUT2D eigenvalue weighted by molar-refractivity contribution is 0.472. The number of nitrogens with zero attached hydrogens (tertiary/aromatic N) is 4. The van der Waals surface area contributed by atoms with Crippen LogP contribution in [0.2, 0.25) is 0 Å². The molecule has 10 heteroatoms. The van der Waals surface area contributed by atoms with Gasteiger partial charge in [-0.1, -0.05) is 29.8 Å². The minimum absolute atomic E-state index is 0.214. The molecular weight excluding hydrogens is 442 g/mol. The molecule has 0 heterocycles. The van der Waals surface area contributed by atoms with Crippen molar-refractivity contribution in [3.63, 3.8) is 0 Å². The predicted molar refractivity (Wildman–Crippen MR) is 126 cm³/mol. The van der Waals surface area contributed by atoms with E-state index in [1.54, 1.807) is 42.5 Å². The molecule has 0 amide bonds. The van der Waals surface area contributed by atoms with Gasteiger partial charge in [0.2, 0.25) is 0 Å². The first-order valence-electron chi connectivity index (χ1n) is 9.74. The van der Waals surface area contributed by atoms with Gasteiger partial charge in [-0.2, -0.15) is 23.8 Å². The van der Waals surface area contributed by atoms with Crippen molar-refractivity contribution < 1.29 is 18.1 Å². The van der Waals surface area contributed by atoms with E-state index < -0.39 is 26.5 Å². The fourth-order valence-electron chi connectivity index (χ4n) is 3.14. The quantitative estimate of drug-likeness (QED) is 0.176. The maximum Gasteiger partial charge on any atom is 0.296 e. The molecule has 4 N–H and O–H groups in total. The van der Waals surface area contributed by atoms with Gasteiger partial charge >= 0.3 is 0 Å². The number of phenols is 1. The van der Waals surface area contributed by atoms with E-state index in [0.717, 1.165) is 5.56 Å². The van der Waals surface area contributed by atoms with Crippen LogP contribution in [-0.2, 0) is 10.1 Å². The summed E-state index contributed by atoms with van der Waals surface area (Å²) in [7, 11) is -4.69. The van der Waals surface area contributed by atoms with Gasteiger partial charge in [0, 0.05) is 11.1 Å². The largest absolute Gasteiger partial charge is 0.505 e. The Morgan fingerprint density at radius 3 is 1.85 bits per heavy atom. The first-order chi connectivity index (χ1) is 15.7. The van der Waals surface area contributed by atoms with E-state index in [0.29, 0.717) is 22.4 Å². The number of anilines is 1. The Labute approximate surface area is 189 Å². The number of hydrogen-bond acceptors (Lipinski definition) is 8. The molecule has 0 aromatic heterocycles. The summed E-state index contributed by atoms with van der Waals surface area (Å²) in [5.74, 6) is -0.495. The number of azo groups is 2. The summed E-state index contributed by atoms with van der Waals surface area (Å²) in [6, 6.07) is 20.0. The van der Waals surface area contributed by atoms with Gasteiger partial charge in [-0.05, 0) is 60.8 Å². The number of nitrogen functional groups attached to an aromatic ring is 1. The van der Waals surface area contributed by atoms with Gasteiger partial charge < -0.3 is 10.8 Å². The lowest BCUT2D eigenvalue weighted by atomic mass is 10.1. The molecule has 4 aromatic carbocycles. The molecular formula is C23H19N5O4S. The molecule has 0 radical (unpaired) electrons. The van der Waals surface area contributed by atoms with Gasteiger partial charge in [-0.15, -0.1) is 5.11 Å². The normalized spacial score (nSPS) is 12.2. The van der Waals surface area contributed by atoms with Crippen LogP contribution in [-0.4, -0.2) is 18.1 Å². The van der Waals surface area contributed by atoms with Crippen molar-refractivity contribution >= 4 is 49.3 Å². The van der Waals surface area contributed by atoms with E-state index in [4.69, 9.17) is 5.73 Å². The molecule has 0 bridgehead atoms. The van der Waals surface area contributed by atoms with Crippen molar-refractivity contribution in [2.75, 3.05) is 5.73 Å². The van der Waals surface area contributed by atoms with Crippen molar-refractivity contribution in [1.82, 2.24) is 0 Å². The minimum atomic E-state index is -4.69. The molecule has 4 rings (SSSR count). The maximum absolute atomic E-state index is 11.9. The molecule has 0 saturated heterocycles. The molecule has 0 aliphatic carbocycles. The summed E-state index contributed by atoms with van der Waals surface area (Å²) in [5, 5.41) is 27.4. The summed E-state index contributed by atoms with van der Waals surface area (Å²) in [6.07, 6.45) is 0. The van der Waals surface area contributed by atoms with Crippen LogP contribution in [0.5, 0.6) is 5.75 Å². The van der Waals surface area contributed by atoms with E-state index in [2.05, 4.69) is 20.5 Å². The molecule has 0 saturated carbocycles. The highest BCUT2D eigenvalue weighted by atomic mass is 32.2. The SMILES string of the molecule is Cc1ccc(N=Nc2ccc(N=Nc3c(S(=O)(=O)O)cc4cccc(N)c4c3O)cc2)cc1. The van der Waals surface area contributed by atoms with Gasteiger partial charge in [0.05, 0.1) is 17.1 Å². The third kappa shape index (κ3) is 4.86. The molecule has 33 heavy (non-hydrogen) atoms. The van der Waals surface area contributed by atoms with E-state index >= 15 is 0 Å². The standard InChI is InChI=1S/C23H19N5O4S/c1-14-5-7-16(8-6-14)25-26-17-9-11-18(12-10-17)27-28-22-20(33(30,31)32)13-15-3-2-4-19(24)21(15)23(22)29/h2-13,29H,24H2,1H3,(H,30,31,32). The number of rotatable bonds is 5. The summed E-state index contributed by atoms with van der Waals surface area (Å²) >= 11 is 0. The van der Waals surface area contributed by atoms with Crippen LogP contribution in [0.3, 0.4) is 0 Å². The van der Waals surface area contributed by atoms with Crippen LogP contribution in [0.4, 0.5) is 28.4 Å². The predicted octanol–water partition coefficient (Wildman–Crippen LogP) is 6.51. The Morgan fingerprint density at radius 2 is 1.30 bits per heavy atom. The van der Waals surface area contributed by atoms with Crippen molar-refractivity contribution in [2.24, 2.45) is 20.5 Å². The zero-order valence-corrected chi connectivity index (χ0v) is 18.2. The number of fused-ring (bicyclic) bond motifs is 1. The highest BCUT2D eigenvalue weighted by molar-refractivity contribution is 7.86. The number of aryl methyl sites for hydroxylation is 1. The smallest absolute Gasteiger partial charge is 0.296 e. The highest BCUT2D eigenvalue weighted by Gasteiger charge is 2.22. The number of benzene rings is 4. The van der Waals surface area contributed by atoms with E-state index in [-0.39, 0.29) is 11.1 Å². The summed E-state index contributed by atoms with van der Waals surface area (Å²) in [5.41, 5.74) is 8.53. The molecule has 0 unspecified atom stereocenters. The highest BCUT2D eigenvalue weighted by Crippen LogP contribution is 2.43. The zero-order valence-electron chi connectivity index (χ0n) is 17.4. The van der Waals surface area contributed by atoms with Gasteiger partial charge in [0.1, 0.15) is 10.6 Å². The van der Waals surface area contributed by atoms with Crippen LogP contribution < -0.4 is 5.73 Å². The number of aromatic hydroxyl groups is 1. The summed E-state index contributed by atoms with van der Waals surface area (Å²) in [4.78, 5) is -0.578. The van der Waals surface area contributed by atoms with Crippen LogP contribution in [0.15, 0.2) is 98.1 Å². The number of hydrogen-bond donors (Lipinski definition) is 3. The van der Waals surface area contributed by atoms with Crippen molar-refractivity contribution in [2.45, 2.75) is 11.8 Å². The molecule has 0 spiro atoms. The monoisotopic (exact) mass is 461 g/mol. The van der Waals surface area contributed by atoms with E-state index in [1.807, 2.05) is 31.2 Å². The fraction of sp³-hybridized carbons (Fsp3) is 0.0435. The Bertz CT molecular complexity index is 1500. The molecule has 4 aromatic rings. The molecule has 0 aliphatic heterocycles. The average Bonchev–Trinajstić information content (AvgIpc) is 2.78. The fourth-order valence-corrected chi connectivity index (χ4v) is 3.80. The lowest BCUT2D eigenvalue weighted by Gasteiger charge is -2.10. The summed E-state index contributed by atoms with van der Waals surface area (Å²) in [6.45, 7) is 1.99. The second-order valence-electron chi connectivity index (χ2n) is 7.24. The van der Waals surface area contributed by atoms with Gasteiger partial charge in [0.25, 0.3) is 10.1 Å². The Balaban J connectivity index is 1.66. The lowest BCUT2D eigenvalue weighted by Crippen LogP contribution is -1.99. The Morgan fingerprint density at radius 1 is 0.788 bits per heavy atom. The topological polar surface area (TPSA) is 150 Å². The number of nitrogens with two attached hydrogens (primary N) is 1. The second kappa shape index (κ2) is 8.77. The zero-order chi connectivity index (χ0) is 23.6. The molecule has 0 aliphatic rings. The average molecular weight is 462 g/mol. The molecule has 9 nitrogen and oxygen atoms in total. The molecule has 166 valence electrons. The van der Waals surface area contributed by atoms with Gasteiger partial charge in [-0.3, -0.25) is 4.55 Å². The molecule has 0 atom stereocenters. The van der Waals surface area contributed by atoms with Gasteiger partial charge in [0.15, 0.2) is 5.75 Å². The first kappa shape index (κ1) is 22.1. The third-order valence-electron chi connectivity index (χ3n) is 4.82. The minimum Gasteiger partial charge on any atom is -0.505 e.